The van der Waals surface area contributed by atoms with Gasteiger partial charge in [-0.15, -0.1) is 0 Å². The molecule has 4 bridgehead atoms. The molecule has 0 radical (unpaired) electrons. The van der Waals surface area contributed by atoms with Gasteiger partial charge in [0.05, 0.1) is 11.2 Å². The second kappa shape index (κ2) is 4.32. The predicted octanol–water partition coefficient (Wildman–Crippen LogP) is 2.33. The van der Waals surface area contributed by atoms with Crippen LogP contribution in [0.15, 0.2) is 0 Å². The highest BCUT2D eigenvalue weighted by Gasteiger charge is 2.64. The average Bonchev–Trinajstić information content (AvgIpc) is 2.22. The maximum Gasteiger partial charge on any atom is 0.322 e. The Kier molecular flexibility index (Phi) is 3.25. The van der Waals surface area contributed by atoms with Crippen LogP contribution >= 0.6 is 22.6 Å². The molecule has 3 atom stereocenters. The quantitative estimate of drug-likeness (QED) is 0.438. The first kappa shape index (κ1) is 15.0. The molecule has 5 heteroatoms. The fourth-order valence-corrected chi connectivity index (χ4v) is 4.92. The summed E-state index contributed by atoms with van der Waals surface area (Å²) in [6.45, 7) is 3.84. The molecular weight excluding hydrogens is 371 g/mol. The Hall–Kier alpha value is 0.120. The maximum atomic E-state index is 12.4. The third kappa shape index (κ3) is 2.39. The summed E-state index contributed by atoms with van der Waals surface area (Å²) in [6, 6.07) is 0. The molecule has 4 aliphatic carbocycles. The molecule has 0 spiro atoms. The van der Waals surface area contributed by atoms with E-state index in [2.05, 4.69) is 22.6 Å². The summed E-state index contributed by atoms with van der Waals surface area (Å²) in [5.41, 5.74) is -2.34. The Balaban J connectivity index is 1.84. The van der Waals surface area contributed by atoms with E-state index in [1.807, 2.05) is 13.8 Å². The van der Waals surface area contributed by atoms with Crippen molar-refractivity contribution >= 4 is 28.6 Å². The van der Waals surface area contributed by atoms with E-state index in [9.17, 15) is 15.0 Å². The third-order valence-electron chi connectivity index (χ3n) is 5.36. The number of ether oxygens (including phenoxy) is 1. The molecule has 0 saturated heterocycles. The normalized spacial score (nSPS) is 49.0. The maximum absolute atomic E-state index is 12.4. The monoisotopic (exact) mass is 394 g/mol. The van der Waals surface area contributed by atoms with Gasteiger partial charge in [-0.25, -0.2) is 0 Å². The van der Waals surface area contributed by atoms with Crippen molar-refractivity contribution in [2.75, 3.05) is 0 Å². The number of rotatable bonds is 3. The van der Waals surface area contributed by atoms with Crippen LogP contribution < -0.4 is 0 Å². The molecule has 4 fully saturated rings. The van der Waals surface area contributed by atoms with Gasteiger partial charge < -0.3 is 14.9 Å². The topological polar surface area (TPSA) is 66.8 Å². The van der Waals surface area contributed by atoms with E-state index in [0.29, 0.717) is 25.7 Å². The Morgan fingerprint density at radius 1 is 1.25 bits per heavy atom. The first-order valence-corrected chi connectivity index (χ1v) is 8.54. The van der Waals surface area contributed by atoms with Gasteiger partial charge in [0.2, 0.25) is 0 Å². The molecule has 0 aromatic carbocycles. The van der Waals surface area contributed by atoms with Crippen molar-refractivity contribution in [3.63, 3.8) is 0 Å². The van der Waals surface area contributed by atoms with Crippen LogP contribution in [0.25, 0.3) is 0 Å². The largest absolute Gasteiger partial charge is 0.458 e. The Labute approximate surface area is 133 Å². The van der Waals surface area contributed by atoms with E-state index in [1.165, 1.54) is 0 Å². The summed E-state index contributed by atoms with van der Waals surface area (Å²) in [6.07, 6.45) is 4.39. The minimum Gasteiger partial charge on any atom is -0.458 e. The predicted molar refractivity (Wildman–Crippen MR) is 82.6 cm³/mol. The fourth-order valence-electron chi connectivity index (χ4n) is 4.81. The van der Waals surface area contributed by atoms with E-state index in [-0.39, 0.29) is 11.9 Å². The molecule has 114 valence electrons. The van der Waals surface area contributed by atoms with Gasteiger partial charge in [-0.2, -0.15) is 0 Å². The van der Waals surface area contributed by atoms with Crippen LogP contribution in [0.5, 0.6) is 0 Å². The van der Waals surface area contributed by atoms with Gasteiger partial charge in [-0.3, -0.25) is 4.79 Å². The second-order valence-corrected chi connectivity index (χ2v) is 9.96. The number of carbonyl (C=O) groups is 1. The third-order valence-corrected chi connectivity index (χ3v) is 6.56. The van der Waals surface area contributed by atoms with Crippen LogP contribution in [0.2, 0.25) is 0 Å². The average molecular weight is 394 g/mol. The lowest BCUT2D eigenvalue weighted by Gasteiger charge is -2.62. The Morgan fingerprint density at radius 2 is 1.80 bits per heavy atom. The van der Waals surface area contributed by atoms with Crippen molar-refractivity contribution in [2.45, 2.75) is 79.0 Å². The number of alkyl halides is 1. The van der Waals surface area contributed by atoms with Gasteiger partial charge in [0.15, 0.2) is 0 Å². The highest BCUT2D eigenvalue weighted by atomic mass is 127. The molecule has 2 N–H and O–H groups in total. The number of aliphatic hydroxyl groups is 2. The van der Waals surface area contributed by atoms with Gasteiger partial charge in [-0.05, 0) is 38.5 Å². The zero-order valence-corrected chi connectivity index (χ0v) is 14.3. The van der Waals surface area contributed by atoms with Gasteiger partial charge in [0.25, 0.3) is 0 Å². The van der Waals surface area contributed by atoms with Crippen LogP contribution in [0, 0.1) is 5.92 Å². The lowest BCUT2D eigenvalue weighted by Crippen LogP contribution is -2.67. The van der Waals surface area contributed by atoms with E-state index in [4.69, 9.17) is 4.74 Å². The van der Waals surface area contributed by atoms with E-state index >= 15 is 0 Å². The molecule has 4 aliphatic rings. The zero-order valence-electron chi connectivity index (χ0n) is 12.1. The number of halogens is 1. The molecule has 4 nitrogen and oxygen atoms in total. The summed E-state index contributed by atoms with van der Waals surface area (Å²) < 4.78 is 5.33. The van der Waals surface area contributed by atoms with Crippen molar-refractivity contribution in [3.05, 3.63) is 0 Å². The molecular formula is C15H23IO4. The smallest absolute Gasteiger partial charge is 0.322 e. The standard InChI is InChI=1S/C15H23IO4/c1-3-12(2,16)11(17)20-15-6-10-4-13(18,8-15)7-14(19,5-10)9-15/h10,18-19H,3-9H2,1-2H3. The minimum atomic E-state index is -0.845. The van der Waals surface area contributed by atoms with E-state index < -0.39 is 20.2 Å². The summed E-state index contributed by atoms with van der Waals surface area (Å²) in [7, 11) is 0. The lowest BCUT2D eigenvalue weighted by molar-refractivity contribution is -0.261. The first-order valence-electron chi connectivity index (χ1n) is 7.47. The zero-order chi connectivity index (χ0) is 14.8. The van der Waals surface area contributed by atoms with Crippen LogP contribution in [0.3, 0.4) is 0 Å². The highest BCUT2D eigenvalue weighted by Crippen LogP contribution is 2.60. The van der Waals surface area contributed by atoms with Crippen LogP contribution in [0.4, 0.5) is 0 Å². The summed E-state index contributed by atoms with van der Waals surface area (Å²) in [5, 5.41) is 21.3. The molecule has 0 aromatic heterocycles. The molecule has 0 amide bonds. The minimum absolute atomic E-state index is 0.213. The van der Waals surface area contributed by atoms with Gasteiger partial charge in [0, 0.05) is 19.3 Å². The van der Waals surface area contributed by atoms with E-state index in [0.717, 1.165) is 19.3 Å². The number of esters is 1. The SMILES string of the molecule is CCC(C)(I)C(=O)OC12CC3CC(O)(CC(O)(C3)C1)C2. The molecule has 4 rings (SSSR count). The van der Waals surface area contributed by atoms with Crippen LogP contribution in [0.1, 0.15) is 58.8 Å². The van der Waals surface area contributed by atoms with Gasteiger partial charge >= 0.3 is 5.97 Å². The molecule has 3 unspecified atom stereocenters. The Bertz CT molecular complexity index is 429. The summed E-state index contributed by atoms with van der Waals surface area (Å²) in [4.78, 5) is 12.4. The highest BCUT2D eigenvalue weighted by molar-refractivity contribution is 14.1. The van der Waals surface area contributed by atoms with Crippen LogP contribution in [-0.2, 0) is 9.53 Å². The van der Waals surface area contributed by atoms with Crippen molar-refractivity contribution in [1.29, 1.82) is 0 Å². The number of hydrogen-bond acceptors (Lipinski definition) is 4. The van der Waals surface area contributed by atoms with Crippen molar-refractivity contribution in [2.24, 2.45) is 5.92 Å². The van der Waals surface area contributed by atoms with Gasteiger partial charge in [0.1, 0.15) is 9.02 Å². The molecule has 20 heavy (non-hydrogen) atoms. The summed E-state index contributed by atoms with van der Waals surface area (Å²) >= 11 is 2.13. The summed E-state index contributed by atoms with van der Waals surface area (Å²) in [5.74, 6) is 0.0610. The number of carbonyl (C=O) groups excluding carboxylic acids is 1. The lowest BCUT2D eigenvalue weighted by atomic mass is 9.50. The molecule has 4 saturated carbocycles. The van der Waals surface area contributed by atoms with E-state index in [1.54, 1.807) is 0 Å². The van der Waals surface area contributed by atoms with Gasteiger partial charge in [-0.1, -0.05) is 29.5 Å². The number of hydrogen-bond donors (Lipinski definition) is 2. The molecule has 0 aromatic rings. The first-order chi connectivity index (χ1) is 9.10. The van der Waals surface area contributed by atoms with Crippen LogP contribution in [-0.4, -0.2) is 36.4 Å². The fraction of sp³-hybridized carbons (Fsp3) is 0.933. The van der Waals surface area contributed by atoms with Crippen molar-refractivity contribution in [3.8, 4) is 0 Å². The molecule has 0 aliphatic heterocycles. The van der Waals surface area contributed by atoms with Crippen molar-refractivity contribution < 1.29 is 19.7 Å². The molecule has 0 heterocycles. The van der Waals surface area contributed by atoms with Crippen molar-refractivity contribution in [1.82, 2.24) is 0 Å². The second-order valence-electron chi connectivity index (χ2n) is 7.58. The Morgan fingerprint density at radius 3 is 2.25 bits per heavy atom.